The van der Waals surface area contributed by atoms with E-state index in [0.29, 0.717) is 31.6 Å². The van der Waals surface area contributed by atoms with Crippen molar-refractivity contribution in [2.24, 2.45) is 5.41 Å². The quantitative estimate of drug-likeness (QED) is 0.818. The van der Waals surface area contributed by atoms with Crippen molar-refractivity contribution < 1.29 is 17.6 Å². The van der Waals surface area contributed by atoms with Gasteiger partial charge in [-0.2, -0.15) is 4.31 Å². The van der Waals surface area contributed by atoms with Crippen LogP contribution in [-0.2, 0) is 14.8 Å². The van der Waals surface area contributed by atoms with E-state index >= 15 is 0 Å². The van der Waals surface area contributed by atoms with Gasteiger partial charge in [0, 0.05) is 31.6 Å². The van der Waals surface area contributed by atoms with E-state index in [1.54, 1.807) is 11.8 Å². The predicted octanol–water partition coefficient (Wildman–Crippen LogP) is 2.40. The molecule has 0 bridgehead atoms. The smallest absolute Gasteiger partial charge is 0.243 e. The van der Waals surface area contributed by atoms with Crippen molar-refractivity contribution in [2.75, 3.05) is 26.2 Å². The Morgan fingerprint density at radius 1 is 1.12 bits per heavy atom. The number of sulfonamides is 1. The topological polar surface area (TPSA) is 57.7 Å². The summed E-state index contributed by atoms with van der Waals surface area (Å²) >= 11 is 0. The molecule has 0 spiro atoms. The molecular weight excluding hydrogens is 331 g/mol. The molecule has 1 fully saturated rings. The highest BCUT2D eigenvalue weighted by Gasteiger charge is 2.32. The summed E-state index contributed by atoms with van der Waals surface area (Å²) in [6, 6.07) is 3.82. The van der Waals surface area contributed by atoms with Crippen LogP contribution < -0.4 is 0 Å². The number of rotatable bonds is 2. The second-order valence-electron chi connectivity index (χ2n) is 7.21. The van der Waals surface area contributed by atoms with Crippen LogP contribution >= 0.6 is 0 Å². The van der Waals surface area contributed by atoms with Gasteiger partial charge in [-0.3, -0.25) is 4.79 Å². The number of nitrogens with zero attached hydrogens (tertiary/aromatic N) is 2. The van der Waals surface area contributed by atoms with Crippen molar-refractivity contribution in [3.05, 3.63) is 29.6 Å². The van der Waals surface area contributed by atoms with Crippen LogP contribution in [0.25, 0.3) is 0 Å². The van der Waals surface area contributed by atoms with Crippen LogP contribution in [0.5, 0.6) is 0 Å². The molecule has 0 N–H and O–H groups in total. The van der Waals surface area contributed by atoms with Gasteiger partial charge in [-0.15, -0.1) is 0 Å². The molecule has 0 atom stereocenters. The van der Waals surface area contributed by atoms with Crippen LogP contribution in [0.4, 0.5) is 4.39 Å². The van der Waals surface area contributed by atoms with Gasteiger partial charge in [0.25, 0.3) is 0 Å². The number of halogens is 1. The van der Waals surface area contributed by atoms with Gasteiger partial charge in [0.05, 0.1) is 4.90 Å². The molecule has 1 aromatic carbocycles. The SMILES string of the molecule is Cc1cc(S(=O)(=O)N2CCCN(C(=O)C(C)(C)C)CC2)ccc1F. The minimum atomic E-state index is -3.68. The molecule has 0 aliphatic carbocycles. The average Bonchev–Trinajstić information content (AvgIpc) is 2.74. The molecule has 2 rings (SSSR count). The number of amides is 1. The first kappa shape index (κ1) is 18.9. The van der Waals surface area contributed by atoms with Crippen molar-refractivity contribution >= 4 is 15.9 Å². The molecule has 1 heterocycles. The molecule has 0 saturated carbocycles. The summed E-state index contributed by atoms with van der Waals surface area (Å²) in [5.74, 6) is -0.397. The molecule has 0 radical (unpaired) electrons. The number of hydrogen-bond donors (Lipinski definition) is 0. The molecule has 1 aliphatic heterocycles. The first-order valence-electron chi connectivity index (χ1n) is 8.09. The summed E-state index contributed by atoms with van der Waals surface area (Å²) in [5.41, 5.74) is -0.183. The molecular formula is C17H25FN2O3S. The number of carbonyl (C=O) groups is 1. The Bertz CT molecular complexity index is 726. The van der Waals surface area contributed by atoms with E-state index in [2.05, 4.69) is 0 Å². The fraction of sp³-hybridized carbons (Fsp3) is 0.588. The van der Waals surface area contributed by atoms with E-state index in [0.717, 1.165) is 0 Å². The van der Waals surface area contributed by atoms with E-state index in [4.69, 9.17) is 0 Å². The van der Waals surface area contributed by atoms with Gasteiger partial charge in [-0.25, -0.2) is 12.8 Å². The van der Waals surface area contributed by atoms with Gasteiger partial charge in [0.2, 0.25) is 15.9 Å². The van der Waals surface area contributed by atoms with Crippen molar-refractivity contribution in [1.82, 2.24) is 9.21 Å². The predicted molar refractivity (Wildman–Crippen MR) is 90.5 cm³/mol. The largest absolute Gasteiger partial charge is 0.341 e. The second kappa shape index (κ2) is 6.80. The zero-order chi connectivity index (χ0) is 18.1. The summed E-state index contributed by atoms with van der Waals surface area (Å²) in [5, 5.41) is 0. The van der Waals surface area contributed by atoms with Gasteiger partial charge in [-0.1, -0.05) is 20.8 Å². The van der Waals surface area contributed by atoms with Crippen LogP contribution in [-0.4, -0.2) is 49.7 Å². The Labute approximate surface area is 143 Å². The van der Waals surface area contributed by atoms with Crippen molar-refractivity contribution in [1.29, 1.82) is 0 Å². The third-order valence-electron chi connectivity index (χ3n) is 4.15. The van der Waals surface area contributed by atoms with Gasteiger partial charge in [-0.05, 0) is 37.1 Å². The minimum absolute atomic E-state index is 0.0272. The van der Waals surface area contributed by atoms with E-state index < -0.39 is 21.3 Å². The molecule has 1 saturated heterocycles. The molecule has 0 aromatic heterocycles. The zero-order valence-electron chi connectivity index (χ0n) is 14.7. The normalized spacial score (nSPS) is 17.6. The number of hydrogen-bond acceptors (Lipinski definition) is 3. The maximum Gasteiger partial charge on any atom is 0.243 e. The molecule has 1 aliphatic rings. The molecule has 5 nitrogen and oxygen atoms in total. The van der Waals surface area contributed by atoms with E-state index in [1.165, 1.54) is 22.5 Å². The molecule has 134 valence electrons. The highest BCUT2D eigenvalue weighted by atomic mass is 32.2. The maximum absolute atomic E-state index is 13.4. The minimum Gasteiger partial charge on any atom is -0.341 e. The maximum atomic E-state index is 13.4. The van der Waals surface area contributed by atoms with Gasteiger partial charge in [0.1, 0.15) is 5.82 Å². The average molecular weight is 356 g/mol. The Kier molecular flexibility index (Phi) is 5.34. The molecule has 7 heteroatoms. The second-order valence-corrected chi connectivity index (χ2v) is 9.15. The molecule has 24 heavy (non-hydrogen) atoms. The number of benzene rings is 1. The summed E-state index contributed by atoms with van der Waals surface area (Å²) in [6.07, 6.45) is 0.585. The molecule has 0 unspecified atom stereocenters. The first-order chi connectivity index (χ1) is 11.0. The lowest BCUT2D eigenvalue weighted by atomic mass is 9.94. The van der Waals surface area contributed by atoms with Crippen molar-refractivity contribution in [2.45, 2.75) is 39.0 Å². The van der Waals surface area contributed by atoms with E-state index in [1.807, 2.05) is 20.8 Å². The van der Waals surface area contributed by atoms with Crippen molar-refractivity contribution in [3.8, 4) is 0 Å². The highest BCUT2D eigenvalue weighted by molar-refractivity contribution is 7.89. The van der Waals surface area contributed by atoms with Gasteiger partial charge >= 0.3 is 0 Å². The summed E-state index contributed by atoms with van der Waals surface area (Å²) in [7, 11) is -3.68. The Morgan fingerprint density at radius 2 is 1.79 bits per heavy atom. The highest BCUT2D eigenvalue weighted by Crippen LogP contribution is 2.22. The third kappa shape index (κ3) is 3.95. The molecule has 1 aromatic rings. The van der Waals surface area contributed by atoms with Crippen LogP contribution in [0.15, 0.2) is 23.1 Å². The lowest BCUT2D eigenvalue weighted by Gasteiger charge is -2.28. The van der Waals surface area contributed by atoms with Crippen LogP contribution in [0, 0.1) is 18.2 Å². The Balaban J connectivity index is 2.18. The monoisotopic (exact) mass is 356 g/mol. The lowest BCUT2D eigenvalue weighted by Crippen LogP contribution is -2.42. The van der Waals surface area contributed by atoms with Crippen LogP contribution in [0.2, 0.25) is 0 Å². The number of aryl methyl sites for hydroxylation is 1. The fourth-order valence-corrected chi connectivity index (χ4v) is 4.29. The van der Waals surface area contributed by atoms with Crippen LogP contribution in [0.3, 0.4) is 0 Å². The van der Waals surface area contributed by atoms with Gasteiger partial charge in [0.15, 0.2) is 0 Å². The fourth-order valence-electron chi connectivity index (χ4n) is 2.74. The van der Waals surface area contributed by atoms with Crippen molar-refractivity contribution in [3.63, 3.8) is 0 Å². The van der Waals surface area contributed by atoms with E-state index in [-0.39, 0.29) is 17.3 Å². The van der Waals surface area contributed by atoms with Gasteiger partial charge < -0.3 is 4.90 Å². The lowest BCUT2D eigenvalue weighted by molar-refractivity contribution is -0.139. The first-order valence-corrected chi connectivity index (χ1v) is 9.53. The standard InChI is InChI=1S/C17H25FN2O3S/c1-13-12-14(6-7-15(13)18)24(22,23)20-9-5-8-19(10-11-20)16(21)17(2,3)4/h6-7,12H,5,8-11H2,1-4H3. The van der Waals surface area contributed by atoms with E-state index in [9.17, 15) is 17.6 Å². The third-order valence-corrected chi connectivity index (χ3v) is 6.05. The zero-order valence-corrected chi connectivity index (χ0v) is 15.5. The Morgan fingerprint density at radius 3 is 2.38 bits per heavy atom. The van der Waals surface area contributed by atoms with Crippen LogP contribution in [0.1, 0.15) is 32.8 Å². The Hall–Kier alpha value is -1.47. The summed E-state index contributed by atoms with van der Waals surface area (Å²) < 4.78 is 40.3. The summed E-state index contributed by atoms with van der Waals surface area (Å²) in [4.78, 5) is 14.2. The number of carbonyl (C=O) groups excluding carboxylic acids is 1. The molecule has 1 amide bonds. The summed E-state index contributed by atoms with van der Waals surface area (Å²) in [6.45, 7) is 8.63.